The Morgan fingerprint density at radius 2 is 1.88 bits per heavy atom. The van der Waals surface area contributed by atoms with Crippen molar-refractivity contribution in [2.75, 3.05) is 0 Å². The SMILES string of the molecule is N#CC(=Cc1ccccc1[N+](=O)[O-])c1nc(-c2ccccc2)cs1. The lowest BCUT2D eigenvalue weighted by atomic mass is 10.1. The average molecular weight is 333 g/mol. The zero-order chi connectivity index (χ0) is 16.9. The molecule has 0 fully saturated rings. The molecule has 0 aliphatic heterocycles. The number of benzene rings is 2. The molecule has 2 aromatic carbocycles. The second kappa shape index (κ2) is 6.86. The van der Waals surface area contributed by atoms with Crippen molar-refractivity contribution in [1.29, 1.82) is 5.26 Å². The van der Waals surface area contributed by atoms with Crippen LogP contribution in [0.5, 0.6) is 0 Å². The number of thiazole rings is 1. The Bertz CT molecular complexity index is 956. The second-order valence-electron chi connectivity index (χ2n) is 4.89. The number of nitro benzene ring substituents is 1. The number of hydrogen-bond donors (Lipinski definition) is 0. The van der Waals surface area contributed by atoms with Crippen LogP contribution in [0.25, 0.3) is 22.9 Å². The third-order valence-electron chi connectivity index (χ3n) is 3.36. The molecule has 0 atom stereocenters. The molecule has 5 nitrogen and oxygen atoms in total. The molecule has 24 heavy (non-hydrogen) atoms. The molecule has 0 N–H and O–H groups in total. The number of rotatable bonds is 4. The normalized spacial score (nSPS) is 11.0. The molecule has 1 aromatic heterocycles. The molecule has 3 aromatic rings. The zero-order valence-electron chi connectivity index (χ0n) is 12.4. The summed E-state index contributed by atoms with van der Waals surface area (Å²) in [5.41, 5.74) is 2.39. The first-order valence-electron chi connectivity index (χ1n) is 7.05. The summed E-state index contributed by atoms with van der Waals surface area (Å²) in [5, 5.41) is 22.9. The minimum absolute atomic E-state index is 0.0370. The maximum Gasteiger partial charge on any atom is 0.276 e. The van der Waals surface area contributed by atoms with Crippen molar-refractivity contribution in [2.24, 2.45) is 0 Å². The van der Waals surface area contributed by atoms with Gasteiger partial charge in [-0.2, -0.15) is 5.26 Å². The number of para-hydroxylation sites is 1. The molecule has 0 unspecified atom stereocenters. The van der Waals surface area contributed by atoms with Crippen LogP contribution in [0.4, 0.5) is 5.69 Å². The predicted octanol–water partition coefficient (Wildman–Crippen LogP) is 4.78. The van der Waals surface area contributed by atoms with E-state index in [4.69, 9.17) is 0 Å². The minimum atomic E-state index is -0.460. The first kappa shape index (κ1) is 15.6. The first-order chi connectivity index (χ1) is 11.7. The van der Waals surface area contributed by atoms with Crippen molar-refractivity contribution in [3.05, 3.63) is 80.7 Å². The highest BCUT2D eigenvalue weighted by molar-refractivity contribution is 7.11. The van der Waals surface area contributed by atoms with Gasteiger partial charge in [-0.05, 0) is 12.1 Å². The van der Waals surface area contributed by atoms with Crippen LogP contribution in [0.2, 0.25) is 0 Å². The van der Waals surface area contributed by atoms with Crippen molar-refractivity contribution in [3.63, 3.8) is 0 Å². The molecule has 0 saturated carbocycles. The van der Waals surface area contributed by atoms with Crippen molar-refractivity contribution < 1.29 is 4.92 Å². The summed E-state index contributed by atoms with van der Waals surface area (Å²) in [5.74, 6) is 0. The maximum atomic E-state index is 11.1. The monoisotopic (exact) mass is 333 g/mol. The van der Waals surface area contributed by atoms with Crippen LogP contribution in [0.15, 0.2) is 60.0 Å². The van der Waals surface area contributed by atoms with E-state index in [9.17, 15) is 15.4 Å². The highest BCUT2D eigenvalue weighted by atomic mass is 32.1. The van der Waals surface area contributed by atoms with E-state index in [2.05, 4.69) is 11.1 Å². The largest absolute Gasteiger partial charge is 0.276 e. The summed E-state index contributed by atoms with van der Waals surface area (Å²) in [4.78, 5) is 15.1. The molecule has 116 valence electrons. The maximum absolute atomic E-state index is 11.1. The molecular formula is C18H11N3O2S. The Balaban J connectivity index is 2.01. The van der Waals surface area contributed by atoms with Gasteiger partial charge in [0.05, 0.1) is 21.8 Å². The molecule has 0 amide bonds. The Morgan fingerprint density at radius 1 is 1.17 bits per heavy atom. The summed E-state index contributed by atoms with van der Waals surface area (Å²) >= 11 is 1.34. The molecule has 3 rings (SSSR count). The van der Waals surface area contributed by atoms with Crippen molar-refractivity contribution >= 4 is 28.7 Å². The van der Waals surface area contributed by atoms with Crippen LogP contribution in [-0.2, 0) is 0 Å². The number of nitriles is 1. The number of nitro groups is 1. The van der Waals surface area contributed by atoms with Gasteiger partial charge >= 0.3 is 0 Å². The van der Waals surface area contributed by atoms with E-state index in [0.717, 1.165) is 11.3 Å². The average Bonchev–Trinajstić information content (AvgIpc) is 3.10. The smallest absolute Gasteiger partial charge is 0.258 e. The summed E-state index contributed by atoms with van der Waals surface area (Å²) in [6.45, 7) is 0. The third kappa shape index (κ3) is 3.21. The van der Waals surface area contributed by atoms with Crippen LogP contribution in [0, 0.1) is 21.4 Å². The van der Waals surface area contributed by atoms with Crippen LogP contribution in [0.1, 0.15) is 10.6 Å². The third-order valence-corrected chi connectivity index (χ3v) is 4.23. The Morgan fingerprint density at radius 3 is 2.58 bits per heavy atom. The molecule has 6 heteroatoms. The second-order valence-corrected chi connectivity index (χ2v) is 5.75. The highest BCUT2D eigenvalue weighted by Crippen LogP contribution is 2.29. The van der Waals surface area contributed by atoms with E-state index in [-0.39, 0.29) is 5.69 Å². The van der Waals surface area contributed by atoms with Gasteiger partial charge in [-0.1, -0.05) is 42.5 Å². The first-order valence-corrected chi connectivity index (χ1v) is 7.93. The Hall–Kier alpha value is -3.30. The van der Waals surface area contributed by atoms with E-state index in [1.165, 1.54) is 23.5 Å². The molecule has 1 heterocycles. The van der Waals surface area contributed by atoms with E-state index < -0.39 is 4.92 Å². The van der Waals surface area contributed by atoms with Crippen LogP contribution in [0.3, 0.4) is 0 Å². The standard InChI is InChI=1S/C18H11N3O2S/c19-11-15(10-14-8-4-5-9-17(14)21(22)23)18-20-16(12-24-18)13-6-2-1-3-7-13/h1-10,12H. The fourth-order valence-electron chi connectivity index (χ4n) is 2.21. The van der Waals surface area contributed by atoms with Crippen LogP contribution in [-0.4, -0.2) is 9.91 Å². The number of nitrogens with zero attached hydrogens (tertiary/aromatic N) is 3. The van der Waals surface area contributed by atoms with Gasteiger partial charge < -0.3 is 0 Å². The van der Waals surface area contributed by atoms with Crippen molar-refractivity contribution in [3.8, 4) is 17.3 Å². The molecular weight excluding hydrogens is 322 g/mol. The molecule has 0 aliphatic carbocycles. The quantitative estimate of drug-likeness (QED) is 0.391. The van der Waals surface area contributed by atoms with Crippen LogP contribution < -0.4 is 0 Å². The highest BCUT2D eigenvalue weighted by Gasteiger charge is 2.14. The topological polar surface area (TPSA) is 79.8 Å². The van der Waals surface area contributed by atoms with Gasteiger partial charge in [0.25, 0.3) is 5.69 Å². The van der Waals surface area contributed by atoms with Gasteiger partial charge in [-0.3, -0.25) is 10.1 Å². The lowest BCUT2D eigenvalue weighted by Crippen LogP contribution is -1.91. The Kier molecular flexibility index (Phi) is 4.45. The molecule has 0 radical (unpaired) electrons. The molecule has 0 aliphatic rings. The lowest BCUT2D eigenvalue weighted by molar-refractivity contribution is -0.385. The molecule has 0 saturated heterocycles. The fourth-order valence-corrected chi connectivity index (χ4v) is 3.01. The van der Waals surface area contributed by atoms with Crippen molar-refractivity contribution in [2.45, 2.75) is 0 Å². The number of allylic oxidation sites excluding steroid dienone is 1. The summed E-state index contributed by atoms with van der Waals surface area (Å²) in [7, 11) is 0. The van der Waals surface area contributed by atoms with E-state index in [0.29, 0.717) is 16.1 Å². The molecule has 0 bridgehead atoms. The summed E-state index contributed by atoms with van der Waals surface area (Å²) in [6, 6.07) is 18.0. The van der Waals surface area contributed by atoms with Gasteiger partial charge in [0.2, 0.25) is 0 Å². The van der Waals surface area contributed by atoms with Gasteiger partial charge in [0.15, 0.2) is 0 Å². The predicted molar refractivity (Wildman–Crippen MR) is 94.1 cm³/mol. The van der Waals surface area contributed by atoms with E-state index in [1.807, 2.05) is 35.7 Å². The zero-order valence-corrected chi connectivity index (χ0v) is 13.2. The summed E-state index contributed by atoms with van der Waals surface area (Å²) < 4.78 is 0. The Labute approximate surface area is 142 Å². The van der Waals surface area contributed by atoms with Gasteiger partial charge in [-0.25, -0.2) is 4.98 Å². The van der Waals surface area contributed by atoms with Gasteiger partial charge in [-0.15, -0.1) is 11.3 Å². The number of hydrogen-bond acceptors (Lipinski definition) is 5. The molecule has 0 spiro atoms. The van der Waals surface area contributed by atoms with E-state index in [1.54, 1.807) is 18.2 Å². The summed E-state index contributed by atoms with van der Waals surface area (Å²) in [6.07, 6.45) is 1.51. The van der Waals surface area contributed by atoms with Crippen molar-refractivity contribution in [1.82, 2.24) is 4.98 Å². The lowest BCUT2D eigenvalue weighted by Gasteiger charge is -1.98. The fraction of sp³-hybridized carbons (Fsp3) is 0. The van der Waals surface area contributed by atoms with Gasteiger partial charge in [0, 0.05) is 17.0 Å². The van der Waals surface area contributed by atoms with Crippen LogP contribution >= 0.6 is 11.3 Å². The number of aromatic nitrogens is 1. The minimum Gasteiger partial charge on any atom is -0.258 e. The van der Waals surface area contributed by atoms with E-state index >= 15 is 0 Å². The van der Waals surface area contributed by atoms with Gasteiger partial charge in [0.1, 0.15) is 11.1 Å².